The Labute approximate surface area is 108 Å². The first-order valence-corrected chi connectivity index (χ1v) is 6.68. The zero-order valence-corrected chi connectivity index (χ0v) is 11.1. The Hall–Kier alpha value is -1.58. The molecule has 0 bridgehead atoms. The van der Waals surface area contributed by atoms with E-state index in [2.05, 4.69) is 15.2 Å². The van der Waals surface area contributed by atoms with E-state index in [1.807, 2.05) is 26.0 Å². The summed E-state index contributed by atoms with van der Waals surface area (Å²) in [7, 11) is 0. The standard InChI is InChI=1S/C14H21N3O/c1-11(2)14(18)16-12-6-7-13(15-10-12)17-8-4-3-5-9-17/h6-7,10-11H,3-5,8-9H2,1-2H3,(H,16,18). The van der Waals surface area contributed by atoms with Crippen molar-refractivity contribution in [1.82, 2.24) is 4.98 Å². The highest BCUT2D eigenvalue weighted by Gasteiger charge is 2.12. The van der Waals surface area contributed by atoms with Crippen molar-refractivity contribution in [3.63, 3.8) is 0 Å². The van der Waals surface area contributed by atoms with Gasteiger partial charge in [0.1, 0.15) is 5.82 Å². The fourth-order valence-corrected chi connectivity index (χ4v) is 2.06. The lowest BCUT2D eigenvalue weighted by Gasteiger charge is -2.27. The zero-order valence-electron chi connectivity index (χ0n) is 11.1. The summed E-state index contributed by atoms with van der Waals surface area (Å²) in [6.45, 7) is 5.94. The van der Waals surface area contributed by atoms with Gasteiger partial charge in [0.2, 0.25) is 5.91 Å². The number of aromatic nitrogens is 1. The highest BCUT2D eigenvalue weighted by Crippen LogP contribution is 2.19. The summed E-state index contributed by atoms with van der Waals surface area (Å²) < 4.78 is 0. The maximum Gasteiger partial charge on any atom is 0.226 e. The summed E-state index contributed by atoms with van der Waals surface area (Å²) in [5.74, 6) is 1.03. The van der Waals surface area contributed by atoms with Gasteiger partial charge in [0.05, 0.1) is 11.9 Å². The van der Waals surface area contributed by atoms with Gasteiger partial charge in [-0.25, -0.2) is 4.98 Å². The van der Waals surface area contributed by atoms with Crippen molar-refractivity contribution in [3.8, 4) is 0 Å². The minimum absolute atomic E-state index is 0.00762. The highest BCUT2D eigenvalue weighted by atomic mass is 16.1. The quantitative estimate of drug-likeness (QED) is 0.893. The third-order valence-corrected chi connectivity index (χ3v) is 3.22. The van der Waals surface area contributed by atoms with Crippen molar-refractivity contribution in [2.45, 2.75) is 33.1 Å². The first kappa shape index (κ1) is 12.9. The van der Waals surface area contributed by atoms with E-state index >= 15 is 0 Å². The second-order valence-corrected chi connectivity index (χ2v) is 5.10. The van der Waals surface area contributed by atoms with Gasteiger partial charge in [0.25, 0.3) is 0 Å². The lowest BCUT2D eigenvalue weighted by atomic mass is 10.1. The SMILES string of the molecule is CC(C)C(=O)Nc1ccc(N2CCCCC2)nc1. The minimum Gasteiger partial charge on any atom is -0.357 e. The van der Waals surface area contributed by atoms with Crippen LogP contribution in [0.5, 0.6) is 0 Å². The molecule has 1 aromatic rings. The van der Waals surface area contributed by atoms with Crippen molar-refractivity contribution in [1.29, 1.82) is 0 Å². The fraction of sp³-hybridized carbons (Fsp3) is 0.571. The molecule has 4 heteroatoms. The lowest BCUT2D eigenvalue weighted by molar-refractivity contribution is -0.118. The molecule has 0 aliphatic carbocycles. The van der Waals surface area contributed by atoms with Gasteiger partial charge in [-0.1, -0.05) is 13.8 Å². The Morgan fingerprint density at radius 3 is 2.56 bits per heavy atom. The van der Waals surface area contributed by atoms with Crippen molar-refractivity contribution < 1.29 is 4.79 Å². The predicted molar refractivity (Wildman–Crippen MR) is 73.8 cm³/mol. The maximum atomic E-state index is 11.5. The van der Waals surface area contributed by atoms with E-state index < -0.39 is 0 Å². The number of piperidine rings is 1. The molecule has 0 unspecified atom stereocenters. The van der Waals surface area contributed by atoms with Crippen molar-refractivity contribution >= 4 is 17.4 Å². The number of anilines is 2. The van der Waals surface area contributed by atoms with E-state index in [4.69, 9.17) is 0 Å². The third kappa shape index (κ3) is 3.22. The Kier molecular flexibility index (Phi) is 4.18. The van der Waals surface area contributed by atoms with Crippen LogP contribution in [-0.2, 0) is 4.79 Å². The van der Waals surface area contributed by atoms with Crippen LogP contribution >= 0.6 is 0 Å². The Morgan fingerprint density at radius 2 is 2.00 bits per heavy atom. The number of hydrogen-bond donors (Lipinski definition) is 1. The van der Waals surface area contributed by atoms with Crippen molar-refractivity contribution in [3.05, 3.63) is 18.3 Å². The van der Waals surface area contributed by atoms with E-state index in [9.17, 15) is 4.79 Å². The molecule has 1 N–H and O–H groups in total. The van der Waals surface area contributed by atoms with Crippen LogP contribution in [0, 0.1) is 5.92 Å². The van der Waals surface area contributed by atoms with Crippen LogP contribution in [0.3, 0.4) is 0 Å². The van der Waals surface area contributed by atoms with Gasteiger partial charge in [0.15, 0.2) is 0 Å². The zero-order chi connectivity index (χ0) is 13.0. The number of rotatable bonds is 3. The Balaban J connectivity index is 1.98. The predicted octanol–water partition coefficient (Wildman–Crippen LogP) is 2.67. The van der Waals surface area contributed by atoms with Gasteiger partial charge in [0, 0.05) is 19.0 Å². The molecule has 1 aliphatic rings. The summed E-state index contributed by atoms with van der Waals surface area (Å²) in [4.78, 5) is 18.3. The number of carbonyl (C=O) groups excluding carboxylic acids is 1. The first-order chi connectivity index (χ1) is 8.66. The van der Waals surface area contributed by atoms with Crippen LogP contribution in [0.15, 0.2) is 18.3 Å². The van der Waals surface area contributed by atoms with Gasteiger partial charge in [-0.2, -0.15) is 0 Å². The van der Waals surface area contributed by atoms with Crippen molar-refractivity contribution in [2.24, 2.45) is 5.92 Å². The summed E-state index contributed by atoms with van der Waals surface area (Å²) in [5.41, 5.74) is 0.773. The molecule has 0 radical (unpaired) electrons. The van der Waals surface area contributed by atoms with Crippen LogP contribution in [0.1, 0.15) is 33.1 Å². The normalized spacial score (nSPS) is 15.8. The maximum absolute atomic E-state index is 11.5. The molecule has 1 aliphatic heterocycles. The molecule has 98 valence electrons. The van der Waals surface area contributed by atoms with E-state index in [-0.39, 0.29) is 11.8 Å². The molecule has 2 heterocycles. The number of amides is 1. The monoisotopic (exact) mass is 247 g/mol. The molecule has 0 spiro atoms. The first-order valence-electron chi connectivity index (χ1n) is 6.68. The van der Waals surface area contributed by atoms with E-state index in [0.29, 0.717) is 0 Å². The second-order valence-electron chi connectivity index (χ2n) is 5.10. The van der Waals surface area contributed by atoms with Gasteiger partial charge in [-0.05, 0) is 31.4 Å². The topological polar surface area (TPSA) is 45.2 Å². The smallest absolute Gasteiger partial charge is 0.226 e. The molecule has 18 heavy (non-hydrogen) atoms. The summed E-state index contributed by atoms with van der Waals surface area (Å²) >= 11 is 0. The van der Waals surface area contributed by atoms with Crippen LogP contribution in [-0.4, -0.2) is 24.0 Å². The van der Waals surface area contributed by atoms with Crippen LogP contribution in [0.2, 0.25) is 0 Å². The molecule has 1 saturated heterocycles. The number of hydrogen-bond acceptors (Lipinski definition) is 3. The Bertz CT molecular complexity index is 394. The molecule has 1 aromatic heterocycles. The highest BCUT2D eigenvalue weighted by molar-refractivity contribution is 5.91. The molecular weight excluding hydrogens is 226 g/mol. The van der Waals surface area contributed by atoms with Crippen LogP contribution in [0.25, 0.3) is 0 Å². The molecule has 1 fully saturated rings. The van der Waals surface area contributed by atoms with Crippen LogP contribution < -0.4 is 10.2 Å². The average molecular weight is 247 g/mol. The number of nitrogens with one attached hydrogen (secondary N) is 1. The molecule has 1 amide bonds. The lowest BCUT2D eigenvalue weighted by Crippen LogP contribution is -2.30. The number of nitrogens with zero attached hydrogens (tertiary/aromatic N) is 2. The van der Waals surface area contributed by atoms with Crippen LogP contribution in [0.4, 0.5) is 11.5 Å². The van der Waals surface area contributed by atoms with E-state index in [1.54, 1.807) is 6.20 Å². The summed E-state index contributed by atoms with van der Waals surface area (Å²) in [6.07, 6.45) is 5.55. The largest absolute Gasteiger partial charge is 0.357 e. The van der Waals surface area contributed by atoms with E-state index in [0.717, 1.165) is 24.6 Å². The van der Waals surface area contributed by atoms with Gasteiger partial charge in [-0.15, -0.1) is 0 Å². The Morgan fingerprint density at radius 1 is 1.28 bits per heavy atom. The molecule has 0 aromatic carbocycles. The molecule has 4 nitrogen and oxygen atoms in total. The average Bonchev–Trinajstić information content (AvgIpc) is 2.40. The van der Waals surface area contributed by atoms with Gasteiger partial charge < -0.3 is 10.2 Å². The van der Waals surface area contributed by atoms with Gasteiger partial charge in [-0.3, -0.25) is 4.79 Å². The third-order valence-electron chi connectivity index (χ3n) is 3.22. The summed E-state index contributed by atoms with van der Waals surface area (Å²) in [6, 6.07) is 3.92. The molecule has 0 atom stereocenters. The minimum atomic E-state index is -0.00762. The fourth-order valence-electron chi connectivity index (χ4n) is 2.06. The summed E-state index contributed by atoms with van der Waals surface area (Å²) in [5, 5.41) is 2.85. The molecule has 2 rings (SSSR count). The van der Waals surface area contributed by atoms with Crippen molar-refractivity contribution in [2.75, 3.05) is 23.3 Å². The number of carbonyl (C=O) groups is 1. The second kappa shape index (κ2) is 5.85. The molecule has 0 saturated carbocycles. The molecular formula is C14H21N3O. The van der Waals surface area contributed by atoms with Gasteiger partial charge >= 0.3 is 0 Å². The van der Waals surface area contributed by atoms with E-state index in [1.165, 1.54) is 19.3 Å². The number of pyridine rings is 1.